The van der Waals surface area contributed by atoms with Crippen molar-refractivity contribution < 1.29 is 19.1 Å². The number of rotatable bonds is 10. The summed E-state index contributed by atoms with van der Waals surface area (Å²) in [6.07, 6.45) is 7.92. The molecule has 198 valence electrons. The van der Waals surface area contributed by atoms with Crippen molar-refractivity contribution in [3.05, 3.63) is 29.5 Å². The first kappa shape index (κ1) is 27.7. The third-order valence-corrected chi connectivity index (χ3v) is 7.23. The van der Waals surface area contributed by atoms with Gasteiger partial charge in [0.05, 0.1) is 18.5 Å². The topological polar surface area (TPSA) is 123 Å². The predicted octanol–water partition coefficient (Wildman–Crippen LogP) is 3.74. The largest absolute Gasteiger partial charge is 0.453 e. The maximum absolute atomic E-state index is 13.4. The molecule has 0 spiro atoms. The van der Waals surface area contributed by atoms with E-state index < -0.39 is 6.04 Å². The lowest BCUT2D eigenvalue weighted by atomic mass is 9.96. The van der Waals surface area contributed by atoms with Gasteiger partial charge in [0.1, 0.15) is 6.04 Å². The van der Waals surface area contributed by atoms with Crippen LogP contribution < -0.4 is 16.0 Å². The molecule has 3 N–H and O–H groups in total. The number of nitrogens with zero attached hydrogens (tertiary/aromatic N) is 4. The lowest BCUT2D eigenvalue weighted by Gasteiger charge is -2.30. The Balaban J connectivity index is 1.74. The average molecular weight is 519 g/mol. The maximum Gasteiger partial charge on any atom is 0.409 e. The molecule has 2 aromatic rings. The fourth-order valence-corrected chi connectivity index (χ4v) is 5.18. The number of methoxy groups -OCH3 is 1. The van der Waals surface area contributed by atoms with E-state index >= 15 is 0 Å². The third-order valence-electron chi connectivity index (χ3n) is 6.46. The normalized spacial score (nSPS) is 16.9. The number of hydrogen-bond donors (Lipinski definition) is 2. The number of ether oxygens (including phenoxy) is 1. The van der Waals surface area contributed by atoms with Gasteiger partial charge in [-0.15, -0.1) is 11.3 Å². The molecule has 0 radical (unpaired) electrons. The van der Waals surface area contributed by atoms with Crippen LogP contribution in [0.5, 0.6) is 0 Å². The molecule has 3 heterocycles. The van der Waals surface area contributed by atoms with Crippen molar-refractivity contribution >= 4 is 40.6 Å². The molecule has 2 atom stereocenters. The predicted molar refractivity (Wildman–Crippen MR) is 141 cm³/mol. The van der Waals surface area contributed by atoms with Gasteiger partial charge in [0.2, 0.25) is 12.3 Å². The Bertz CT molecular complexity index is 1030. The molecule has 1 aliphatic heterocycles. The number of carbonyl (C=O) groups is 3. The fraction of sp³-hybridized carbons (Fsp3) is 0.600. The zero-order chi connectivity index (χ0) is 26.3. The van der Waals surface area contributed by atoms with Crippen LogP contribution in [0.3, 0.4) is 0 Å². The summed E-state index contributed by atoms with van der Waals surface area (Å²) in [6, 6.07) is 1.15. The molecule has 0 saturated carbocycles. The summed E-state index contributed by atoms with van der Waals surface area (Å²) in [6.45, 7) is 7.95. The summed E-state index contributed by atoms with van der Waals surface area (Å²) in [5.41, 5.74) is 7.03. The summed E-state index contributed by atoms with van der Waals surface area (Å²) in [4.78, 5) is 45.3. The molecule has 0 bridgehead atoms. The van der Waals surface area contributed by atoms with Crippen LogP contribution in [0, 0.1) is 0 Å². The van der Waals surface area contributed by atoms with Crippen molar-refractivity contribution in [2.24, 2.45) is 5.73 Å². The Labute approximate surface area is 216 Å². The highest BCUT2D eigenvalue weighted by atomic mass is 32.1. The van der Waals surface area contributed by atoms with E-state index in [1.165, 1.54) is 23.3 Å². The number of piperidine rings is 1. The first-order chi connectivity index (χ1) is 17.2. The van der Waals surface area contributed by atoms with Gasteiger partial charge in [0.25, 0.3) is 0 Å². The molecule has 0 aromatic carbocycles. The van der Waals surface area contributed by atoms with Gasteiger partial charge in [-0.3, -0.25) is 9.59 Å². The Morgan fingerprint density at radius 1 is 1.39 bits per heavy atom. The lowest BCUT2D eigenvalue weighted by Crippen LogP contribution is -2.43. The van der Waals surface area contributed by atoms with Gasteiger partial charge in [0.15, 0.2) is 5.13 Å². The second-order valence-electron chi connectivity index (χ2n) is 10.1. The van der Waals surface area contributed by atoms with Crippen LogP contribution in [0.4, 0.5) is 15.6 Å². The van der Waals surface area contributed by atoms with Crippen molar-refractivity contribution in [3.63, 3.8) is 0 Å². The Morgan fingerprint density at radius 2 is 2.17 bits per heavy atom. The number of amides is 3. The highest BCUT2D eigenvalue weighted by Gasteiger charge is 2.30. The van der Waals surface area contributed by atoms with Crippen molar-refractivity contribution in [2.45, 2.75) is 70.4 Å². The smallest absolute Gasteiger partial charge is 0.409 e. The number of hydrogen-bond acceptors (Lipinski definition) is 7. The number of aromatic nitrogens is 2. The van der Waals surface area contributed by atoms with Gasteiger partial charge in [-0.25, -0.2) is 9.78 Å². The van der Waals surface area contributed by atoms with Gasteiger partial charge < -0.3 is 30.2 Å². The summed E-state index contributed by atoms with van der Waals surface area (Å²) >= 11 is 1.35. The quantitative estimate of drug-likeness (QED) is 0.365. The number of nitrogens with one attached hydrogen (secondary N) is 1. The van der Waals surface area contributed by atoms with E-state index in [1.54, 1.807) is 4.90 Å². The first-order valence-electron chi connectivity index (χ1n) is 12.4. The highest BCUT2D eigenvalue weighted by Crippen LogP contribution is 2.30. The molecule has 1 aliphatic rings. The molecule has 36 heavy (non-hydrogen) atoms. The molecule has 3 rings (SSSR count). The summed E-state index contributed by atoms with van der Waals surface area (Å²) in [5, 5.41) is 5.32. The molecule has 1 unspecified atom stereocenters. The van der Waals surface area contributed by atoms with Gasteiger partial charge in [0, 0.05) is 42.3 Å². The molecule has 11 heteroatoms. The second kappa shape index (κ2) is 12.4. The molecule has 3 amide bonds. The third kappa shape index (κ3) is 6.85. The van der Waals surface area contributed by atoms with Gasteiger partial charge >= 0.3 is 6.09 Å². The van der Waals surface area contributed by atoms with E-state index in [0.29, 0.717) is 49.7 Å². The Kier molecular flexibility index (Phi) is 9.49. The molecular weight excluding hydrogens is 480 g/mol. The van der Waals surface area contributed by atoms with Gasteiger partial charge in [-0.2, -0.15) is 0 Å². The monoisotopic (exact) mass is 518 g/mol. The molecular formula is C25H38N6O4S. The minimum absolute atomic E-state index is 0.0868. The molecule has 2 aromatic heterocycles. The summed E-state index contributed by atoms with van der Waals surface area (Å²) < 4.78 is 6.87. The van der Waals surface area contributed by atoms with E-state index in [2.05, 4.69) is 31.1 Å². The summed E-state index contributed by atoms with van der Waals surface area (Å²) in [7, 11) is 1.38. The molecule has 1 fully saturated rings. The van der Waals surface area contributed by atoms with E-state index in [4.69, 9.17) is 10.5 Å². The Morgan fingerprint density at radius 3 is 2.81 bits per heavy atom. The number of likely N-dealkylation sites (tertiary alicyclic amines) is 1. The second-order valence-corrected chi connectivity index (χ2v) is 10.9. The number of unbranched alkanes of at least 4 members (excludes halogenated alkanes) is 1. The van der Waals surface area contributed by atoms with Crippen molar-refractivity contribution in [1.29, 1.82) is 0 Å². The zero-order valence-electron chi connectivity index (χ0n) is 21.6. The van der Waals surface area contributed by atoms with Crippen molar-refractivity contribution in [3.8, 4) is 0 Å². The number of carbonyl (C=O) groups excluding carboxylic acids is 3. The van der Waals surface area contributed by atoms with Crippen LogP contribution in [-0.2, 0) is 19.9 Å². The number of nitrogens with two attached hydrogens (primary N) is 1. The number of anilines is 2. The highest BCUT2D eigenvalue weighted by molar-refractivity contribution is 7.13. The average Bonchev–Trinajstić information content (AvgIpc) is 3.53. The molecule has 10 nitrogen and oxygen atoms in total. The maximum atomic E-state index is 13.4. The Hall–Kier alpha value is -2.92. The summed E-state index contributed by atoms with van der Waals surface area (Å²) in [5.74, 6) is -0.202. The van der Waals surface area contributed by atoms with E-state index in [9.17, 15) is 14.4 Å². The fourth-order valence-electron chi connectivity index (χ4n) is 4.38. The van der Waals surface area contributed by atoms with Crippen LogP contribution in [-0.4, -0.2) is 65.6 Å². The van der Waals surface area contributed by atoms with Crippen molar-refractivity contribution in [1.82, 2.24) is 14.5 Å². The minimum Gasteiger partial charge on any atom is -0.453 e. The SMILES string of the molecule is COC(=O)N1CCCC(c2csc(NC(=O)[C@H](CCCCN)N(C=O)c3ccn(C(C)(C)C)c3)n2)C1. The molecule has 1 saturated heterocycles. The molecule has 0 aliphatic carbocycles. The standard InChI is InChI=1S/C25H38N6O4S/c1-25(2,3)30-13-10-19(15-30)31(17-32)21(9-5-6-11-26)22(33)28-23-27-20(16-36-23)18-8-7-12-29(14-18)24(34)35-4/h10,13,15-18,21H,5-9,11-12,14,26H2,1-4H3,(H,27,28,33)/t18?,21-/m0/s1. The van der Waals surface area contributed by atoms with E-state index in [1.807, 2.05) is 28.4 Å². The van der Waals surface area contributed by atoms with Crippen LogP contribution in [0.2, 0.25) is 0 Å². The first-order valence-corrected chi connectivity index (χ1v) is 13.3. The van der Waals surface area contributed by atoms with Gasteiger partial charge in [-0.05, 0) is 65.5 Å². The van der Waals surface area contributed by atoms with E-state index in [-0.39, 0.29) is 23.5 Å². The van der Waals surface area contributed by atoms with Crippen LogP contribution in [0.15, 0.2) is 23.8 Å². The number of thiazole rings is 1. The minimum atomic E-state index is -0.693. The van der Waals surface area contributed by atoms with E-state index in [0.717, 1.165) is 25.0 Å². The van der Waals surface area contributed by atoms with Gasteiger partial charge in [-0.1, -0.05) is 0 Å². The van der Waals surface area contributed by atoms with Crippen LogP contribution in [0.25, 0.3) is 0 Å². The lowest BCUT2D eigenvalue weighted by molar-refractivity contribution is -0.119. The zero-order valence-corrected chi connectivity index (χ0v) is 22.4. The van der Waals surface area contributed by atoms with Crippen LogP contribution in [0.1, 0.15) is 64.5 Å². The van der Waals surface area contributed by atoms with Crippen LogP contribution >= 0.6 is 11.3 Å². The van der Waals surface area contributed by atoms with Crippen molar-refractivity contribution in [2.75, 3.05) is 37.0 Å².